The fraction of sp³-hybridized carbons (Fsp3) is 0.375. The highest BCUT2D eigenvalue weighted by Crippen LogP contribution is 2.16. The smallest absolute Gasteiger partial charge is 0.253 e. The van der Waals surface area contributed by atoms with E-state index in [1.807, 2.05) is 29.2 Å². The van der Waals surface area contributed by atoms with Gasteiger partial charge in [0.15, 0.2) is 0 Å². The van der Waals surface area contributed by atoms with Crippen LogP contribution in [0.2, 0.25) is 0 Å². The van der Waals surface area contributed by atoms with E-state index in [0.29, 0.717) is 18.3 Å². The van der Waals surface area contributed by atoms with Crippen molar-refractivity contribution in [3.63, 3.8) is 0 Å². The number of Topliss-reactive ketones (excluding diaryl/α,β-unsaturated/α-hetero) is 1. The zero-order valence-electron chi connectivity index (χ0n) is 19.5. The number of carbonyl (C=O) groups is 2. The van der Waals surface area contributed by atoms with Gasteiger partial charge in [-0.25, -0.2) is 9.38 Å². The predicted molar refractivity (Wildman–Crippen MR) is 145 cm³/mol. The number of halogens is 2. The Morgan fingerprint density at radius 1 is 1.39 bits per heavy atom. The first-order valence-corrected chi connectivity index (χ1v) is 11.6. The highest BCUT2D eigenvalue weighted by molar-refractivity contribution is 9.10. The monoisotopic (exact) mass is 542 g/mol. The van der Waals surface area contributed by atoms with Gasteiger partial charge in [-0.3, -0.25) is 9.59 Å². The third kappa shape index (κ3) is 19.0. The largest absolute Gasteiger partial charge is 0.384 e. The Bertz CT molecular complexity index is 757. The highest BCUT2D eigenvalue weighted by atomic mass is 79.9. The maximum atomic E-state index is 12.2. The number of rotatable bonds is 7. The van der Waals surface area contributed by atoms with Crippen LogP contribution in [-0.4, -0.2) is 54.5 Å². The summed E-state index contributed by atoms with van der Waals surface area (Å²) < 4.78 is 12.3. The maximum Gasteiger partial charge on any atom is 0.253 e. The van der Waals surface area contributed by atoms with Gasteiger partial charge in [-0.15, -0.1) is 13.2 Å². The summed E-state index contributed by atoms with van der Waals surface area (Å²) >= 11 is 7.50. The minimum atomic E-state index is -0.852. The van der Waals surface area contributed by atoms with Crippen LogP contribution in [0.4, 0.5) is 4.39 Å². The quantitative estimate of drug-likeness (QED) is 0.197. The van der Waals surface area contributed by atoms with Crippen LogP contribution in [0.15, 0.2) is 71.4 Å². The molecule has 33 heavy (non-hydrogen) atoms. The van der Waals surface area contributed by atoms with E-state index in [9.17, 15) is 14.0 Å². The topological polar surface area (TPSA) is 87.8 Å². The van der Waals surface area contributed by atoms with Gasteiger partial charge in [-0.1, -0.05) is 34.7 Å². The number of amides is 1. The number of thiol groups is 1. The van der Waals surface area contributed by atoms with Crippen molar-refractivity contribution in [2.45, 2.75) is 38.9 Å². The average molecular weight is 544 g/mol. The number of likely N-dealkylation sites (tertiary alicyclic amines) is 1. The van der Waals surface area contributed by atoms with Crippen molar-refractivity contribution >= 4 is 47.0 Å². The maximum absolute atomic E-state index is 12.2. The summed E-state index contributed by atoms with van der Waals surface area (Å²) in [4.78, 5) is 27.3. The van der Waals surface area contributed by atoms with Gasteiger partial charge < -0.3 is 16.0 Å². The van der Waals surface area contributed by atoms with Gasteiger partial charge in [-0.05, 0) is 51.3 Å². The van der Waals surface area contributed by atoms with Gasteiger partial charge in [0.25, 0.3) is 5.91 Å². The van der Waals surface area contributed by atoms with Crippen molar-refractivity contribution in [1.29, 1.82) is 0 Å². The van der Waals surface area contributed by atoms with E-state index in [1.165, 1.54) is 13.0 Å². The molecule has 1 aromatic carbocycles. The molecular weight excluding hydrogens is 507 g/mol. The second-order valence-corrected chi connectivity index (χ2v) is 8.10. The molecule has 1 saturated heterocycles. The normalized spacial score (nSPS) is 14.6. The van der Waals surface area contributed by atoms with Crippen molar-refractivity contribution in [3.05, 3.63) is 72.0 Å². The van der Waals surface area contributed by atoms with Gasteiger partial charge in [0.2, 0.25) is 0 Å². The Morgan fingerprint density at radius 3 is 2.24 bits per heavy atom. The predicted octanol–water partition coefficient (Wildman–Crippen LogP) is 4.94. The van der Waals surface area contributed by atoms with Crippen LogP contribution in [0.25, 0.3) is 0 Å². The SMILES string of the molecule is C=CC(C)F.C=CCC(C)=O.C=NC(=C)N.O=C(c1ccc(Br)cc1)N1CCC(NCS)C1. The van der Waals surface area contributed by atoms with Gasteiger partial charge in [0.1, 0.15) is 17.8 Å². The fourth-order valence-electron chi connectivity index (χ4n) is 2.22. The van der Waals surface area contributed by atoms with E-state index in [2.05, 4.69) is 65.3 Å². The molecule has 0 aromatic heterocycles. The summed E-state index contributed by atoms with van der Waals surface area (Å²) in [6.07, 6.45) is 3.50. The lowest BCUT2D eigenvalue weighted by Gasteiger charge is -2.16. The minimum Gasteiger partial charge on any atom is -0.384 e. The van der Waals surface area contributed by atoms with E-state index in [1.54, 1.807) is 13.0 Å². The number of ketones is 1. The molecule has 0 bridgehead atoms. The molecular formula is C24H36BrFN4O2S. The number of allylic oxidation sites excluding steroid dienone is 2. The van der Waals surface area contributed by atoms with E-state index >= 15 is 0 Å². The minimum absolute atomic E-state index is 0.112. The number of alkyl halides is 1. The highest BCUT2D eigenvalue weighted by Gasteiger charge is 2.26. The summed E-state index contributed by atoms with van der Waals surface area (Å²) in [6.45, 7) is 17.4. The zero-order valence-corrected chi connectivity index (χ0v) is 22.0. The summed E-state index contributed by atoms with van der Waals surface area (Å²) in [5, 5.41) is 3.25. The fourth-order valence-corrected chi connectivity index (χ4v) is 2.74. The molecule has 2 unspecified atom stereocenters. The van der Waals surface area contributed by atoms with Crippen LogP contribution in [0.5, 0.6) is 0 Å². The number of aliphatic imine (C=N–C) groups is 1. The van der Waals surface area contributed by atoms with Crippen molar-refractivity contribution in [2.75, 3.05) is 19.0 Å². The standard InChI is InChI=1S/C12H15BrN2OS.C5H8O.C4H7F.C3H6N2/c13-10-3-1-9(2-4-10)12(16)15-6-5-11(7-15)14-8-17;1-3-4-5(2)6;1-3-4(2)5;1-3(4)5-2/h1-4,11,14,17H,5-8H2;3H,1,4H2,2H3;3-4H,1H2,2H3;1-2,4H2. The first kappa shape index (κ1) is 32.9. The molecule has 1 amide bonds. The summed E-state index contributed by atoms with van der Waals surface area (Å²) in [6, 6.07) is 7.88. The number of nitrogens with two attached hydrogens (primary N) is 1. The molecule has 1 aliphatic heterocycles. The molecule has 1 heterocycles. The van der Waals surface area contributed by atoms with Crippen molar-refractivity contribution in [3.8, 4) is 0 Å². The number of carbonyl (C=O) groups excluding carboxylic acids is 2. The average Bonchev–Trinajstić information content (AvgIpc) is 3.24. The Morgan fingerprint density at radius 2 is 1.91 bits per heavy atom. The number of nitrogens with zero attached hydrogens (tertiary/aromatic N) is 2. The molecule has 184 valence electrons. The molecule has 0 radical (unpaired) electrons. The van der Waals surface area contributed by atoms with Gasteiger partial charge in [-0.2, -0.15) is 12.6 Å². The molecule has 1 fully saturated rings. The third-order valence-electron chi connectivity index (χ3n) is 3.91. The third-order valence-corrected chi connectivity index (χ3v) is 4.62. The molecule has 9 heteroatoms. The molecule has 2 rings (SSSR count). The van der Waals surface area contributed by atoms with E-state index in [4.69, 9.17) is 5.73 Å². The molecule has 1 aliphatic rings. The lowest BCUT2D eigenvalue weighted by molar-refractivity contribution is -0.116. The van der Waals surface area contributed by atoms with Crippen LogP contribution >= 0.6 is 28.6 Å². The molecule has 0 aliphatic carbocycles. The number of benzene rings is 1. The van der Waals surface area contributed by atoms with Gasteiger partial charge in [0, 0.05) is 41.5 Å². The molecule has 0 saturated carbocycles. The first-order chi connectivity index (χ1) is 15.5. The molecule has 3 N–H and O–H groups in total. The Hall–Kier alpha value is -2.23. The molecule has 6 nitrogen and oxygen atoms in total. The summed E-state index contributed by atoms with van der Waals surface area (Å²) in [5.74, 6) is 1.21. The van der Waals surface area contributed by atoms with Gasteiger partial charge in [0.05, 0.1) is 0 Å². The summed E-state index contributed by atoms with van der Waals surface area (Å²) in [5.41, 5.74) is 5.62. The van der Waals surface area contributed by atoms with Crippen molar-refractivity contribution < 1.29 is 14.0 Å². The van der Waals surface area contributed by atoms with Crippen molar-refractivity contribution in [1.82, 2.24) is 10.2 Å². The summed E-state index contributed by atoms with van der Waals surface area (Å²) in [7, 11) is 0. The van der Waals surface area contributed by atoms with Gasteiger partial charge >= 0.3 is 0 Å². The van der Waals surface area contributed by atoms with Crippen molar-refractivity contribution in [2.24, 2.45) is 10.7 Å². The van der Waals surface area contributed by atoms with Crippen LogP contribution in [0, 0.1) is 0 Å². The zero-order chi connectivity index (χ0) is 25.8. The lowest BCUT2D eigenvalue weighted by atomic mass is 10.2. The molecule has 2 atom stereocenters. The van der Waals surface area contributed by atoms with Crippen LogP contribution in [-0.2, 0) is 4.79 Å². The second kappa shape index (κ2) is 20.4. The van der Waals surface area contributed by atoms with Crippen LogP contribution in [0.1, 0.15) is 37.0 Å². The van der Waals surface area contributed by atoms with Crippen LogP contribution in [0.3, 0.4) is 0 Å². The Labute approximate surface area is 211 Å². The number of hydrogen-bond donors (Lipinski definition) is 3. The molecule has 1 aromatic rings. The number of hydrogen-bond acceptors (Lipinski definition) is 6. The first-order valence-electron chi connectivity index (χ1n) is 10.2. The van der Waals surface area contributed by atoms with E-state index in [0.717, 1.165) is 29.5 Å². The van der Waals surface area contributed by atoms with Crippen LogP contribution < -0.4 is 11.1 Å². The number of nitrogens with one attached hydrogen (secondary N) is 1. The Balaban J connectivity index is 0. The lowest BCUT2D eigenvalue weighted by Crippen LogP contribution is -2.34. The van der Waals surface area contributed by atoms with E-state index < -0.39 is 6.17 Å². The molecule has 0 spiro atoms. The Kier molecular flexibility index (Phi) is 20.3. The van der Waals surface area contributed by atoms with E-state index in [-0.39, 0.29) is 17.5 Å². The second-order valence-electron chi connectivity index (χ2n) is 6.86.